The van der Waals surface area contributed by atoms with Gasteiger partial charge >= 0.3 is 0 Å². The van der Waals surface area contributed by atoms with Crippen LogP contribution >= 0.6 is 0 Å². The van der Waals surface area contributed by atoms with Crippen LogP contribution in [0.15, 0.2) is 18.2 Å². The SMILES string of the molecule is CNC(C)C(=O)Nc1cc(CN(C)C)ccc1OC. The fourth-order valence-corrected chi connectivity index (χ4v) is 1.69. The van der Waals surface area contributed by atoms with E-state index in [9.17, 15) is 4.79 Å². The van der Waals surface area contributed by atoms with Gasteiger partial charge in [0.1, 0.15) is 5.75 Å². The van der Waals surface area contributed by atoms with Crippen molar-refractivity contribution in [3.8, 4) is 5.75 Å². The highest BCUT2D eigenvalue weighted by Gasteiger charge is 2.13. The smallest absolute Gasteiger partial charge is 0.241 e. The number of hydrogen-bond acceptors (Lipinski definition) is 4. The summed E-state index contributed by atoms with van der Waals surface area (Å²) in [5.74, 6) is 0.585. The molecule has 1 unspecified atom stereocenters. The van der Waals surface area contributed by atoms with Crippen molar-refractivity contribution >= 4 is 11.6 Å². The number of ether oxygens (including phenoxy) is 1. The Bertz CT molecular complexity index is 433. The molecule has 0 fully saturated rings. The third-order valence-corrected chi connectivity index (χ3v) is 2.85. The number of methoxy groups -OCH3 is 1. The predicted molar refractivity (Wildman–Crippen MR) is 77.5 cm³/mol. The van der Waals surface area contributed by atoms with E-state index < -0.39 is 0 Å². The molecule has 1 amide bonds. The van der Waals surface area contributed by atoms with Gasteiger partial charge in [-0.3, -0.25) is 4.79 Å². The van der Waals surface area contributed by atoms with Crippen LogP contribution in [0.4, 0.5) is 5.69 Å². The molecule has 1 atom stereocenters. The largest absolute Gasteiger partial charge is 0.495 e. The Morgan fingerprint density at radius 2 is 2.11 bits per heavy atom. The van der Waals surface area contributed by atoms with Gasteiger partial charge in [-0.05, 0) is 45.8 Å². The number of hydrogen-bond donors (Lipinski definition) is 2. The van der Waals surface area contributed by atoms with Crippen LogP contribution in [0.1, 0.15) is 12.5 Å². The van der Waals surface area contributed by atoms with Gasteiger partial charge in [0.2, 0.25) is 5.91 Å². The zero-order valence-corrected chi connectivity index (χ0v) is 12.3. The molecule has 0 bridgehead atoms. The van der Waals surface area contributed by atoms with Crippen molar-refractivity contribution < 1.29 is 9.53 Å². The lowest BCUT2D eigenvalue weighted by molar-refractivity contribution is -0.117. The highest BCUT2D eigenvalue weighted by Crippen LogP contribution is 2.26. The standard InChI is InChI=1S/C14H23N3O2/c1-10(15-2)14(18)16-12-8-11(9-17(3)4)6-7-13(12)19-5/h6-8,10,15H,9H2,1-5H3,(H,16,18). The van der Waals surface area contributed by atoms with Gasteiger partial charge in [-0.25, -0.2) is 0 Å². The molecule has 0 heterocycles. The summed E-state index contributed by atoms with van der Waals surface area (Å²) in [6.45, 7) is 2.62. The summed E-state index contributed by atoms with van der Waals surface area (Å²) in [4.78, 5) is 14.0. The summed E-state index contributed by atoms with van der Waals surface area (Å²) < 4.78 is 5.27. The second-order valence-corrected chi connectivity index (χ2v) is 4.77. The summed E-state index contributed by atoms with van der Waals surface area (Å²) in [7, 11) is 7.36. The number of amides is 1. The van der Waals surface area contributed by atoms with Crippen molar-refractivity contribution in [3.05, 3.63) is 23.8 Å². The normalized spacial score (nSPS) is 12.3. The minimum atomic E-state index is -0.248. The van der Waals surface area contributed by atoms with E-state index in [1.54, 1.807) is 14.2 Å². The van der Waals surface area contributed by atoms with E-state index in [2.05, 4.69) is 15.5 Å². The fourth-order valence-electron chi connectivity index (χ4n) is 1.69. The highest BCUT2D eigenvalue weighted by molar-refractivity contribution is 5.95. The molecule has 0 aliphatic heterocycles. The van der Waals surface area contributed by atoms with Gasteiger partial charge in [0.25, 0.3) is 0 Å². The van der Waals surface area contributed by atoms with E-state index in [4.69, 9.17) is 4.74 Å². The molecule has 1 aromatic carbocycles. The second kappa shape index (κ2) is 7.11. The molecule has 5 nitrogen and oxygen atoms in total. The Labute approximate surface area is 114 Å². The zero-order chi connectivity index (χ0) is 14.4. The quantitative estimate of drug-likeness (QED) is 0.814. The van der Waals surface area contributed by atoms with Crippen molar-refractivity contribution in [2.45, 2.75) is 19.5 Å². The molecule has 106 valence electrons. The van der Waals surface area contributed by atoms with Crippen LogP contribution in [-0.2, 0) is 11.3 Å². The minimum Gasteiger partial charge on any atom is -0.495 e. The third kappa shape index (κ3) is 4.54. The van der Waals surface area contributed by atoms with Crippen molar-refractivity contribution in [2.24, 2.45) is 0 Å². The van der Waals surface area contributed by atoms with Gasteiger partial charge in [0, 0.05) is 6.54 Å². The number of nitrogens with zero attached hydrogens (tertiary/aromatic N) is 1. The van der Waals surface area contributed by atoms with Gasteiger partial charge in [0.05, 0.1) is 18.8 Å². The Hall–Kier alpha value is -1.59. The van der Waals surface area contributed by atoms with Crippen molar-refractivity contribution in [1.82, 2.24) is 10.2 Å². The molecule has 0 saturated carbocycles. The molecular formula is C14H23N3O2. The molecule has 0 radical (unpaired) electrons. The first kappa shape index (κ1) is 15.5. The average Bonchev–Trinajstić information content (AvgIpc) is 2.37. The van der Waals surface area contributed by atoms with Gasteiger partial charge in [-0.1, -0.05) is 6.07 Å². The summed E-state index contributed by atoms with van der Waals surface area (Å²) in [5.41, 5.74) is 1.83. The molecule has 0 aromatic heterocycles. The van der Waals surface area contributed by atoms with E-state index in [0.29, 0.717) is 11.4 Å². The first-order valence-corrected chi connectivity index (χ1v) is 6.27. The first-order chi connectivity index (χ1) is 8.97. The summed E-state index contributed by atoms with van der Waals surface area (Å²) >= 11 is 0. The highest BCUT2D eigenvalue weighted by atomic mass is 16.5. The van der Waals surface area contributed by atoms with E-state index in [-0.39, 0.29) is 11.9 Å². The van der Waals surface area contributed by atoms with E-state index in [1.165, 1.54) is 0 Å². The van der Waals surface area contributed by atoms with Gasteiger partial charge in [-0.2, -0.15) is 0 Å². The van der Waals surface area contributed by atoms with Crippen LogP contribution in [0.5, 0.6) is 5.75 Å². The lowest BCUT2D eigenvalue weighted by Gasteiger charge is -2.16. The lowest BCUT2D eigenvalue weighted by Crippen LogP contribution is -2.35. The van der Waals surface area contributed by atoms with Crippen LogP contribution in [-0.4, -0.2) is 45.1 Å². The molecule has 0 saturated heterocycles. The molecule has 0 spiro atoms. The molecule has 1 rings (SSSR count). The Morgan fingerprint density at radius 3 is 2.63 bits per heavy atom. The Balaban J connectivity index is 2.92. The molecule has 5 heteroatoms. The minimum absolute atomic E-state index is 0.0807. The summed E-state index contributed by atoms with van der Waals surface area (Å²) in [6.07, 6.45) is 0. The fraction of sp³-hybridized carbons (Fsp3) is 0.500. The zero-order valence-electron chi connectivity index (χ0n) is 12.3. The van der Waals surface area contributed by atoms with Crippen molar-refractivity contribution in [2.75, 3.05) is 33.6 Å². The monoisotopic (exact) mass is 265 g/mol. The van der Waals surface area contributed by atoms with Crippen molar-refractivity contribution in [1.29, 1.82) is 0 Å². The van der Waals surface area contributed by atoms with Gasteiger partial charge in [-0.15, -0.1) is 0 Å². The summed E-state index contributed by atoms with van der Waals surface area (Å²) in [5, 5.41) is 5.79. The van der Waals surface area contributed by atoms with Crippen LogP contribution < -0.4 is 15.4 Å². The number of carbonyl (C=O) groups excluding carboxylic acids is 1. The number of nitrogens with one attached hydrogen (secondary N) is 2. The number of carbonyl (C=O) groups is 1. The van der Waals surface area contributed by atoms with Gasteiger partial charge < -0.3 is 20.3 Å². The number of anilines is 1. The van der Waals surface area contributed by atoms with Crippen LogP contribution in [0.2, 0.25) is 0 Å². The van der Waals surface area contributed by atoms with Crippen LogP contribution in [0, 0.1) is 0 Å². The third-order valence-electron chi connectivity index (χ3n) is 2.85. The van der Waals surface area contributed by atoms with Crippen molar-refractivity contribution in [3.63, 3.8) is 0 Å². The number of benzene rings is 1. The maximum Gasteiger partial charge on any atom is 0.241 e. The molecule has 2 N–H and O–H groups in total. The lowest BCUT2D eigenvalue weighted by atomic mass is 10.1. The Morgan fingerprint density at radius 1 is 1.42 bits per heavy atom. The van der Waals surface area contributed by atoms with Crippen LogP contribution in [0.25, 0.3) is 0 Å². The van der Waals surface area contributed by atoms with E-state index >= 15 is 0 Å². The Kier molecular flexibility index (Phi) is 5.79. The van der Waals surface area contributed by atoms with E-state index in [0.717, 1.165) is 12.1 Å². The number of rotatable bonds is 6. The topological polar surface area (TPSA) is 53.6 Å². The molecule has 0 aliphatic rings. The maximum absolute atomic E-state index is 11.9. The summed E-state index contributed by atoms with van der Waals surface area (Å²) in [6, 6.07) is 5.57. The average molecular weight is 265 g/mol. The molecule has 19 heavy (non-hydrogen) atoms. The van der Waals surface area contributed by atoms with Gasteiger partial charge in [0.15, 0.2) is 0 Å². The predicted octanol–water partition coefficient (Wildman–Crippen LogP) is 1.30. The second-order valence-electron chi connectivity index (χ2n) is 4.77. The maximum atomic E-state index is 11.9. The van der Waals surface area contributed by atoms with Crippen LogP contribution in [0.3, 0.4) is 0 Å². The first-order valence-electron chi connectivity index (χ1n) is 6.27. The molecule has 0 aliphatic carbocycles. The molecule has 1 aromatic rings. The van der Waals surface area contributed by atoms with E-state index in [1.807, 2.05) is 39.2 Å². The molecular weight excluding hydrogens is 242 g/mol. The number of likely N-dealkylation sites (N-methyl/N-ethyl adjacent to an activating group) is 1.